The van der Waals surface area contributed by atoms with Crippen molar-refractivity contribution in [1.82, 2.24) is 9.03 Å². The highest BCUT2D eigenvalue weighted by Crippen LogP contribution is 2.17. The monoisotopic (exact) mass is 292 g/mol. The third-order valence-electron chi connectivity index (χ3n) is 3.60. The van der Waals surface area contributed by atoms with Crippen LogP contribution in [-0.4, -0.2) is 43.4 Å². The fraction of sp³-hybridized carbons (Fsp3) is 0.917. The highest BCUT2D eigenvalue weighted by Gasteiger charge is 2.25. The van der Waals surface area contributed by atoms with E-state index in [0.29, 0.717) is 38.4 Å². The molecule has 7 heteroatoms. The van der Waals surface area contributed by atoms with Crippen molar-refractivity contribution in [2.24, 2.45) is 11.8 Å². The molecule has 19 heavy (non-hydrogen) atoms. The first-order valence-electron chi connectivity index (χ1n) is 6.80. The Balaban J connectivity index is 2.29. The molecule has 0 aromatic carbocycles. The van der Waals surface area contributed by atoms with Crippen molar-refractivity contribution in [3.05, 3.63) is 0 Å². The molecular formula is C12H24N2O4S. The molecule has 0 aliphatic carbocycles. The van der Waals surface area contributed by atoms with Gasteiger partial charge in [-0.1, -0.05) is 13.8 Å². The fourth-order valence-corrected chi connectivity index (χ4v) is 3.33. The van der Waals surface area contributed by atoms with Gasteiger partial charge in [-0.05, 0) is 31.6 Å². The molecule has 1 saturated heterocycles. The van der Waals surface area contributed by atoms with Crippen LogP contribution in [0.3, 0.4) is 0 Å². The Bertz CT molecular complexity index is 389. The minimum Gasteiger partial charge on any atom is -0.481 e. The third kappa shape index (κ3) is 5.46. The number of piperidine rings is 1. The van der Waals surface area contributed by atoms with E-state index in [-0.39, 0.29) is 0 Å². The molecule has 0 amide bonds. The van der Waals surface area contributed by atoms with E-state index in [1.54, 1.807) is 6.92 Å². The molecule has 0 saturated carbocycles. The molecule has 0 aromatic heterocycles. The molecule has 0 aromatic rings. The van der Waals surface area contributed by atoms with Gasteiger partial charge in [-0.15, -0.1) is 0 Å². The van der Waals surface area contributed by atoms with Crippen LogP contribution in [0.25, 0.3) is 0 Å². The van der Waals surface area contributed by atoms with Gasteiger partial charge >= 0.3 is 5.97 Å². The SMILES string of the molecule is CC1CCN(S(=O)(=O)NCCCC(C)C(=O)O)CC1. The number of nitrogens with one attached hydrogen (secondary N) is 1. The highest BCUT2D eigenvalue weighted by atomic mass is 32.2. The summed E-state index contributed by atoms with van der Waals surface area (Å²) in [5.41, 5.74) is 0. The minimum absolute atomic E-state index is 0.298. The number of carbonyl (C=O) groups is 1. The number of carboxylic acid groups (broad SMARTS) is 1. The molecule has 1 heterocycles. The van der Waals surface area contributed by atoms with E-state index in [2.05, 4.69) is 11.6 Å². The Labute approximate surface area is 115 Å². The smallest absolute Gasteiger partial charge is 0.306 e. The van der Waals surface area contributed by atoms with E-state index in [4.69, 9.17) is 5.11 Å². The number of rotatable bonds is 7. The van der Waals surface area contributed by atoms with Crippen LogP contribution in [0.1, 0.15) is 39.5 Å². The van der Waals surface area contributed by atoms with Gasteiger partial charge in [0.25, 0.3) is 10.2 Å². The van der Waals surface area contributed by atoms with E-state index < -0.39 is 22.1 Å². The van der Waals surface area contributed by atoms with Crippen molar-refractivity contribution in [1.29, 1.82) is 0 Å². The quantitative estimate of drug-likeness (QED) is 0.687. The summed E-state index contributed by atoms with van der Waals surface area (Å²) in [4.78, 5) is 10.6. The van der Waals surface area contributed by atoms with Gasteiger partial charge in [-0.2, -0.15) is 12.7 Å². The molecule has 1 rings (SSSR count). The zero-order valence-corrected chi connectivity index (χ0v) is 12.4. The van der Waals surface area contributed by atoms with Gasteiger partial charge in [-0.25, -0.2) is 4.72 Å². The number of aliphatic carboxylic acids is 1. The predicted molar refractivity (Wildman–Crippen MR) is 72.9 cm³/mol. The first kappa shape index (κ1) is 16.4. The Morgan fingerprint density at radius 3 is 2.53 bits per heavy atom. The molecule has 112 valence electrons. The molecule has 1 aliphatic rings. The van der Waals surface area contributed by atoms with Crippen molar-refractivity contribution < 1.29 is 18.3 Å². The zero-order chi connectivity index (χ0) is 14.5. The first-order chi connectivity index (χ1) is 8.83. The largest absolute Gasteiger partial charge is 0.481 e. The van der Waals surface area contributed by atoms with Crippen LogP contribution < -0.4 is 4.72 Å². The standard InChI is InChI=1S/C12H24N2O4S/c1-10-5-8-14(9-6-10)19(17,18)13-7-3-4-11(2)12(15)16/h10-11,13H,3-9H2,1-2H3,(H,15,16). The average Bonchev–Trinajstić information content (AvgIpc) is 2.34. The second kappa shape index (κ2) is 7.21. The van der Waals surface area contributed by atoms with Gasteiger partial charge < -0.3 is 5.11 Å². The molecule has 1 aliphatic heterocycles. The van der Waals surface area contributed by atoms with Crippen LogP contribution in [0.5, 0.6) is 0 Å². The number of carboxylic acids is 1. The fourth-order valence-electron chi connectivity index (χ4n) is 2.05. The van der Waals surface area contributed by atoms with Crippen LogP contribution in [0.15, 0.2) is 0 Å². The van der Waals surface area contributed by atoms with Crippen LogP contribution in [0.4, 0.5) is 0 Å². The molecular weight excluding hydrogens is 268 g/mol. The molecule has 1 atom stereocenters. The second-order valence-electron chi connectivity index (χ2n) is 5.36. The van der Waals surface area contributed by atoms with E-state index >= 15 is 0 Å². The maximum Gasteiger partial charge on any atom is 0.306 e. The van der Waals surface area contributed by atoms with Crippen LogP contribution in [0.2, 0.25) is 0 Å². The highest BCUT2D eigenvalue weighted by molar-refractivity contribution is 7.87. The summed E-state index contributed by atoms with van der Waals surface area (Å²) in [7, 11) is -3.39. The average molecular weight is 292 g/mol. The zero-order valence-electron chi connectivity index (χ0n) is 11.6. The lowest BCUT2D eigenvalue weighted by Crippen LogP contribution is -2.45. The summed E-state index contributed by atoms with van der Waals surface area (Å²) in [6.07, 6.45) is 2.82. The van der Waals surface area contributed by atoms with Crippen molar-refractivity contribution in [2.45, 2.75) is 39.5 Å². The van der Waals surface area contributed by atoms with E-state index in [9.17, 15) is 13.2 Å². The summed E-state index contributed by atoms with van der Waals surface area (Å²) in [6, 6.07) is 0. The van der Waals surface area contributed by atoms with Crippen molar-refractivity contribution in [2.75, 3.05) is 19.6 Å². The molecule has 1 fully saturated rings. The molecule has 0 radical (unpaired) electrons. The Morgan fingerprint density at radius 1 is 1.42 bits per heavy atom. The van der Waals surface area contributed by atoms with E-state index in [1.807, 2.05) is 0 Å². The lowest BCUT2D eigenvalue weighted by molar-refractivity contribution is -0.141. The van der Waals surface area contributed by atoms with E-state index in [1.165, 1.54) is 4.31 Å². The second-order valence-corrected chi connectivity index (χ2v) is 7.12. The van der Waals surface area contributed by atoms with Gasteiger partial charge in [0, 0.05) is 19.6 Å². The minimum atomic E-state index is -3.39. The lowest BCUT2D eigenvalue weighted by Gasteiger charge is -2.29. The first-order valence-corrected chi connectivity index (χ1v) is 8.24. The van der Waals surface area contributed by atoms with Crippen molar-refractivity contribution in [3.63, 3.8) is 0 Å². The number of hydrogen-bond donors (Lipinski definition) is 2. The maximum absolute atomic E-state index is 12.0. The summed E-state index contributed by atoms with van der Waals surface area (Å²) in [6.45, 7) is 5.20. The van der Waals surface area contributed by atoms with Gasteiger partial charge in [0.05, 0.1) is 5.92 Å². The van der Waals surface area contributed by atoms with Crippen LogP contribution in [0, 0.1) is 11.8 Å². The molecule has 0 bridgehead atoms. The van der Waals surface area contributed by atoms with Crippen LogP contribution in [-0.2, 0) is 15.0 Å². The molecule has 0 spiro atoms. The molecule has 6 nitrogen and oxygen atoms in total. The summed E-state index contributed by atoms with van der Waals surface area (Å²) in [5.74, 6) is -0.684. The van der Waals surface area contributed by atoms with Gasteiger partial charge in [0.2, 0.25) is 0 Å². The predicted octanol–water partition coefficient (Wildman–Crippen LogP) is 1.05. The van der Waals surface area contributed by atoms with Crippen LogP contribution >= 0.6 is 0 Å². The molecule has 2 N–H and O–H groups in total. The lowest BCUT2D eigenvalue weighted by atomic mass is 10.0. The van der Waals surface area contributed by atoms with Gasteiger partial charge in [-0.3, -0.25) is 4.79 Å². The Kier molecular flexibility index (Phi) is 6.22. The summed E-state index contributed by atoms with van der Waals surface area (Å²) >= 11 is 0. The number of nitrogens with zero attached hydrogens (tertiary/aromatic N) is 1. The van der Waals surface area contributed by atoms with Gasteiger partial charge in [0.15, 0.2) is 0 Å². The summed E-state index contributed by atoms with van der Waals surface area (Å²) < 4.78 is 28.0. The Morgan fingerprint density at radius 2 is 2.00 bits per heavy atom. The van der Waals surface area contributed by atoms with Crippen molar-refractivity contribution >= 4 is 16.2 Å². The number of hydrogen-bond acceptors (Lipinski definition) is 3. The summed E-state index contributed by atoms with van der Waals surface area (Å²) in [5, 5.41) is 8.72. The Hall–Kier alpha value is -0.660. The van der Waals surface area contributed by atoms with E-state index in [0.717, 1.165) is 12.8 Å². The van der Waals surface area contributed by atoms with Gasteiger partial charge in [0.1, 0.15) is 0 Å². The van der Waals surface area contributed by atoms with Crippen molar-refractivity contribution in [3.8, 4) is 0 Å². The maximum atomic E-state index is 12.0. The topological polar surface area (TPSA) is 86.7 Å². The molecule has 1 unspecified atom stereocenters. The normalized spacial score (nSPS) is 20.3. The third-order valence-corrected chi connectivity index (χ3v) is 5.22.